The summed E-state index contributed by atoms with van der Waals surface area (Å²) in [5.74, 6) is 0.815. The van der Waals surface area contributed by atoms with Crippen molar-refractivity contribution in [3.05, 3.63) is 53.2 Å². The fourth-order valence-electron chi connectivity index (χ4n) is 3.80. The molecule has 5 rings (SSSR count). The van der Waals surface area contributed by atoms with Crippen LogP contribution in [-0.2, 0) is 4.79 Å². The molecule has 0 aliphatic carbocycles. The Balaban J connectivity index is 1.77. The minimum atomic E-state index is -0.624. The molecule has 0 saturated carbocycles. The largest absolute Gasteiger partial charge is 0.391 e. The van der Waals surface area contributed by atoms with Gasteiger partial charge in [-0.05, 0) is 17.0 Å². The monoisotopic (exact) mass is 422 g/mol. The molecule has 1 aliphatic rings. The Labute approximate surface area is 175 Å². The minimum absolute atomic E-state index is 0.306. The number of primary amides is 1. The second-order valence-corrected chi connectivity index (χ2v) is 8.81. The molecule has 0 unspecified atom stereocenters. The van der Waals surface area contributed by atoms with Crippen LogP contribution in [0.2, 0.25) is 0 Å². The average Bonchev–Trinajstić information content (AvgIpc) is 3.47. The summed E-state index contributed by atoms with van der Waals surface area (Å²) in [6.45, 7) is 0.313. The molecule has 1 saturated heterocycles. The lowest BCUT2D eigenvalue weighted by molar-refractivity contribution is -0.119. The van der Waals surface area contributed by atoms with Crippen LogP contribution in [0.5, 0.6) is 0 Å². The van der Waals surface area contributed by atoms with Gasteiger partial charge in [-0.15, -0.1) is 22.7 Å². The molecule has 8 heteroatoms. The van der Waals surface area contributed by atoms with Crippen molar-refractivity contribution in [3.63, 3.8) is 0 Å². The van der Waals surface area contributed by atoms with Crippen LogP contribution in [0.3, 0.4) is 0 Å². The second-order valence-electron chi connectivity index (χ2n) is 7.00. The van der Waals surface area contributed by atoms with E-state index in [2.05, 4.69) is 5.38 Å². The van der Waals surface area contributed by atoms with Gasteiger partial charge in [0.1, 0.15) is 16.7 Å². The lowest BCUT2D eigenvalue weighted by Gasteiger charge is -2.24. The number of amides is 1. The molecular formula is C21H18N4O2S2. The summed E-state index contributed by atoms with van der Waals surface area (Å²) in [5.41, 5.74) is 7.73. The van der Waals surface area contributed by atoms with Gasteiger partial charge in [0.15, 0.2) is 5.82 Å². The predicted molar refractivity (Wildman–Crippen MR) is 117 cm³/mol. The van der Waals surface area contributed by atoms with Gasteiger partial charge in [-0.25, -0.2) is 9.97 Å². The van der Waals surface area contributed by atoms with E-state index in [1.54, 1.807) is 22.7 Å². The van der Waals surface area contributed by atoms with E-state index in [4.69, 9.17) is 15.7 Å². The lowest BCUT2D eigenvalue weighted by Crippen LogP contribution is -2.41. The van der Waals surface area contributed by atoms with Crippen LogP contribution in [0.1, 0.15) is 6.42 Å². The molecule has 146 valence electrons. The first-order chi connectivity index (χ1) is 14.1. The molecule has 1 aromatic carbocycles. The number of anilines is 1. The van der Waals surface area contributed by atoms with Crippen molar-refractivity contribution in [1.82, 2.24) is 9.97 Å². The summed E-state index contributed by atoms with van der Waals surface area (Å²) in [6.07, 6.45) is -0.318. The van der Waals surface area contributed by atoms with Crippen LogP contribution in [-0.4, -0.2) is 39.7 Å². The molecule has 3 aromatic heterocycles. The van der Waals surface area contributed by atoms with E-state index in [1.807, 2.05) is 52.7 Å². The van der Waals surface area contributed by atoms with Gasteiger partial charge in [0.25, 0.3) is 0 Å². The van der Waals surface area contributed by atoms with Gasteiger partial charge in [-0.2, -0.15) is 0 Å². The maximum atomic E-state index is 12.1. The van der Waals surface area contributed by atoms with Crippen molar-refractivity contribution in [1.29, 1.82) is 0 Å². The maximum Gasteiger partial charge on any atom is 0.240 e. The molecule has 0 radical (unpaired) electrons. The van der Waals surface area contributed by atoms with Gasteiger partial charge in [0, 0.05) is 23.9 Å². The van der Waals surface area contributed by atoms with Gasteiger partial charge in [0.05, 0.1) is 16.4 Å². The first-order valence-electron chi connectivity index (χ1n) is 9.24. The van der Waals surface area contributed by atoms with Crippen molar-refractivity contribution < 1.29 is 9.90 Å². The Morgan fingerprint density at radius 3 is 2.69 bits per heavy atom. The fraction of sp³-hybridized carbons (Fsp3) is 0.190. The zero-order valence-corrected chi connectivity index (χ0v) is 17.0. The number of hydrogen-bond donors (Lipinski definition) is 2. The molecule has 6 nitrogen and oxygen atoms in total. The Kier molecular flexibility index (Phi) is 4.54. The standard InChI is InChI=1S/C21H18N4O2S2/c22-18(27)15-9-13(26)10-25(15)20-17-14(12-5-2-1-3-6-12)11-29-21(17)24-19(23-20)16-7-4-8-28-16/h1-8,11,13,15,26H,9-10H2,(H2,22,27)/t13-,15-/m0/s1. The summed E-state index contributed by atoms with van der Waals surface area (Å²) >= 11 is 3.12. The highest BCUT2D eigenvalue weighted by atomic mass is 32.1. The Morgan fingerprint density at radius 1 is 1.14 bits per heavy atom. The zero-order chi connectivity index (χ0) is 20.0. The van der Waals surface area contributed by atoms with Gasteiger partial charge in [-0.1, -0.05) is 36.4 Å². The number of benzene rings is 1. The van der Waals surface area contributed by atoms with Gasteiger partial charge >= 0.3 is 0 Å². The molecule has 4 heterocycles. The van der Waals surface area contributed by atoms with E-state index in [9.17, 15) is 9.90 Å². The molecule has 29 heavy (non-hydrogen) atoms. The Bertz CT molecular complexity index is 1170. The number of carbonyl (C=O) groups is 1. The van der Waals surface area contributed by atoms with Gasteiger partial charge < -0.3 is 15.7 Å². The van der Waals surface area contributed by atoms with E-state index < -0.39 is 18.1 Å². The molecule has 0 spiro atoms. The number of nitrogens with zero attached hydrogens (tertiary/aromatic N) is 3. The molecule has 4 aromatic rings. The van der Waals surface area contributed by atoms with Crippen LogP contribution in [0, 0.1) is 0 Å². The molecule has 0 bridgehead atoms. The van der Waals surface area contributed by atoms with Crippen molar-refractivity contribution in [2.24, 2.45) is 5.73 Å². The number of aliphatic hydroxyl groups excluding tert-OH is 1. The third-order valence-electron chi connectivity index (χ3n) is 5.12. The molecule has 1 fully saturated rings. The molecule has 1 amide bonds. The van der Waals surface area contributed by atoms with Crippen LogP contribution in [0.25, 0.3) is 32.0 Å². The van der Waals surface area contributed by atoms with E-state index in [0.29, 0.717) is 24.6 Å². The molecule has 2 atom stereocenters. The number of carbonyl (C=O) groups excluding carboxylic acids is 1. The maximum absolute atomic E-state index is 12.1. The Hall–Kier alpha value is -2.81. The summed E-state index contributed by atoms with van der Waals surface area (Å²) in [7, 11) is 0. The summed E-state index contributed by atoms with van der Waals surface area (Å²) in [5, 5.41) is 15.2. The SMILES string of the molecule is NC(=O)[C@@H]1C[C@H](O)CN1c1nc(-c2cccs2)nc2scc(-c3ccccc3)c12. The molecule has 1 aliphatic heterocycles. The van der Waals surface area contributed by atoms with Crippen LogP contribution in [0.15, 0.2) is 53.2 Å². The Morgan fingerprint density at radius 2 is 1.97 bits per heavy atom. The topological polar surface area (TPSA) is 92.3 Å². The number of nitrogens with two attached hydrogens (primary N) is 1. The van der Waals surface area contributed by atoms with Gasteiger partial charge in [0.2, 0.25) is 5.91 Å². The highest BCUT2D eigenvalue weighted by Gasteiger charge is 2.37. The van der Waals surface area contributed by atoms with Crippen LogP contribution in [0.4, 0.5) is 5.82 Å². The normalized spacial score (nSPS) is 19.1. The number of thiophene rings is 2. The average molecular weight is 423 g/mol. The number of aliphatic hydroxyl groups is 1. The lowest BCUT2D eigenvalue weighted by atomic mass is 10.1. The first kappa shape index (κ1) is 18.2. The van der Waals surface area contributed by atoms with Crippen molar-refractivity contribution >= 4 is 44.6 Å². The number of hydrogen-bond acceptors (Lipinski definition) is 7. The minimum Gasteiger partial charge on any atom is -0.391 e. The summed E-state index contributed by atoms with van der Waals surface area (Å²) in [4.78, 5) is 25.4. The van der Waals surface area contributed by atoms with Crippen molar-refractivity contribution in [2.45, 2.75) is 18.6 Å². The number of aromatic nitrogens is 2. The highest BCUT2D eigenvalue weighted by molar-refractivity contribution is 7.17. The summed E-state index contributed by atoms with van der Waals surface area (Å²) < 4.78 is 0. The van der Waals surface area contributed by atoms with E-state index >= 15 is 0 Å². The number of rotatable bonds is 4. The van der Waals surface area contributed by atoms with Crippen LogP contribution < -0.4 is 10.6 Å². The predicted octanol–water partition coefficient (Wildman–Crippen LogP) is 3.51. The highest BCUT2D eigenvalue weighted by Crippen LogP contribution is 2.41. The zero-order valence-electron chi connectivity index (χ0n) is 15.4. The second kappa shape index (κ2) is 7.22. The third kappa shape index (κ3) is 3.19. The van der Waals surface area contributed by atoms with E-state index in [-0.39, 0.29) is 0 Å². The van der Waals surface area contributed by atoms with Crippen LogP contribution >= 0.6 is 22.7 Å². The fourth-order valence-corrected chi connectivity index (χ4v) is 5.39. The van der Waals surface area contributed by atoms with Gasteiger partial charge in [-0.3, -0.25) is 4.79 Å². The first-order valence-corrected chi connectivity index (χ1v) is 11.0. The molecule has 3 N–H and O–H groups in total. The van der Waals surface area contributed by atoms with E-state index in [1.165, 1.54) is 0 Å². The molecular weight excluding hydrogens is 404 g/mol. The van der Waals surface area contributed by atoms with Crippen molar-refractivity contribution in [2.75, 3.05) is 11.4 Å². The van der Waals surface area contributed by atoms with Crippen molar-refractivity contribution in [3.8, 4) is 21.8 Å². The number of β-amino-alcohol motifs (C(OH)–C–C–N with tert-alkyl or cyclic N) is 1. The number of fused-ring (bicyclic) bond motifs is 1. The quantitative estimate of drug-likeness (QED) is 0.525. The van der Waals surface area contributed by atoms with E-state index in [0.717, 1.165) is 26.2 Å². The third-order valence-corrected chi connectivity index (χ3v) is 6.86. The summed E-state index contributed by atoms with van der Waals surface area (Å²) in [6, 6.07) is 13.4. The smallest absolute Gasteiger partial charge is 0.240 e.